The Kier molecular flexibility index (Phi) is 9.07. The summed E-state index contributed by atoms with van der Waals surface area (Å²) in [4.78, 5) is 33.1. The molecule has 1 fully saturated rings. The molecule has 0 spiro atoms. The molecule has 1 aliphatic heterocycles. The lowest BCUT2D eigenvalue weighted by molar-refractivity contribution is -0.147. The largest absolute Gasteiger partial charge is 0.484 e. The zero-order chi connectivity index (χ0) is 26.2. The highest BCUT2D eigenvalue weighted by molar-refractivity contribution is 6.30. The van der Waals surface area contributed by atoms with Gasteiger partial charge in [-0.05, 0) is 60.4 Å². The Bertz CT molecular complexity index is 1160. The fourth-order valence-corrected chi connectivity index (χ4v) is 4.67. The van der Waals surface area contributed by atoms with E-state index in [2.05, 4.69) is 0 Å². The second kappa shape index (κ2) is 12.6. The molecular formula is C30H34ClN3O3. The third-order valence-electron chi connectivity index (χ3n) is 6.65. The van der Waals surface area contributed by atoms with E-state index in [0.29, 0.717) is 23.7 Å². The summed E-state index contributed by atoms with van der Waals surface area (Å²) >= 11 is 5.99. The molecule has 194 valence electrons. The molecule has 2 amide bonds. The third kappa shape index (κ3) is 7.26. The predicted molar refractivity (Wildman–Crippen MR) is 148 cm³/mol. The summed E-state index contributed by atoms with van der Waals surface area (Å²) in [5.41, 5.74) is 3.04. The zero-order valence-electron chi connectivity index (χ0n) is 21.5. The molecule has 3 aromatic rings. The molecule has 7 heteroatoms. The molecule has 1 heterocycles. The maximum Gasteiger partial charge on any atom is 0.261 e. The van der Waals surface area contributed by atoms with Gasteiger partial charge in [0.05, 0.1) is 0 Å². The van der Waals surface area contributed by atoms with Gasteiger partial charge in [-0.25, -0.2) is 0 Å². The predicted octanol–water partition coefficient (Wildman–Crippen LogP) is 5.05. The van der Waals surface area contributed by atoms with Gasteiger partial charge in [-0.2, -0.15) is 0 Å². The van der Waals surface area contributed by atoms with Gasteiger partial charge in [0.1, 0.15) is 11.8 Å². The minimum Gasteiger partial charge on any atom is -0.484 e. The summed E-state index contributed by atoms with van der Waals surface area (Å²) in [5.74, 6) is 0.310. The van der Waals surface area contributed by atoms with Crippen molar-refractivity contribution in [2.75, 3.05) is 38.7 Å². The lowest BCUT2D eigenvalue weighted by Crippen LogP contribution is -2.52. The summed E-state index contributed by atoms with van der Waals surface area (Å²) < 4.78 is 5.82. The number of likely N-dealkylation sites (tertiary alicyclic amines) is 1. The van der Waals surface area contributed by atoms with Crippen LogP contribution in [0.15, 0.2) is 78.9 Å². The van der Waals surface area contributed by atoms with Gasteiger partial charge >= 0.3 is 0 Å². The number of rotatable bonds is 10. The van der Waals surface area contributed by atoms with E-state index in [1.165, 1.54) is 0 Å². The summed E-state index contributed by atoms with van der Waals surface area (Å²) in [6.45, 7) is 1.60. The third-order valence-corrected chi connectivity index (χ3v) is 6.90. The van der Waals surface area contributed by atoms with Crippen molar-refractivity contribution in [2.45, 2.75) is 31.8 Å². The minimum atomic E-state index is -0.629. The van der Waals surface area contributed by atoms with Crippen molar-refractivity contribution >= 4 is 29.1 Å². The van der Waals surface area contributed by atoms with Crippen molar-refractivity contribution in [1.82, 2.24) is 9.80 Å². The molecule has 0 aromatic heterocycles. The molecule has 0 N–H and O–H groups in total. The Balaban J connectivity index is 1.62. The molecule has 3 aromatic carbocycles. The van der Waals surface area contributed by atoms with E-state index in [1.807, 2.05) is 78.5 Å². The second-order valence-corrected chi connectivity index (χ2v) is 10.00. The van der Waals surface area contributed by atoms with E-state index in [1.54, 1.807) is 29.2 Å². The van der Waals surface area contributed by atoms with E-state index < -0.39 is 6.04 Å². The normalized spacial score (nSPS) is 13.8. The van der Waals surface area contributed by atoms with Crippen molar-refractivity contribution < 1.29 is 14.3 Å². The van der Waals surface area contributed by atoms with Crippen LogP contribution in [0.5, 0.6) is 5.75 Å². The average molecular weight is 520 g/mol. The lowest BCUT2D eigenvalue weighted by Gasteiger charge is -2.34. The van der Waals surface area contributed by atoms with Crippen molar-refractivity contribution in [3.63, 3.8) is 0 Å². The highest BCUT2D eigenvalue weighted by Gasteiger charge is 2.34. The number of nitrogens with zero attached hydrogens (tertiary/aromatic N) is 3. The van der Waals surface area contributed by atoms with Gasteiger partial charge in [-0.1, -0.05) is 54.1 Å². The summed E-state index contributed by atoms with van der Waals surface area (Å²) in [7, 11) is 3.98. The van der Waals surface area contributed by atoms with Crippen LogP contribution in [0.3, 0.4) is 0 Å². The van der Waals surface area contributed by atoms with E-state index in [0.717, 1.165) is 42.7 Å². The van der Waals surface area contributed by atoms with Crippen molar-refractivity contribution in [2.24, 2.45) is 0 Å². The van der Waals surface area contributed by atoms with E-state index in [4.69, 9.17) is 16.3 Å². The maximum atomic E-state index is 13.8. The molecule has 6 nitrogen and oxygen atoms in total. The van der Waals surface area contributed by atoms with Crippen LogP contribution < -0.4 is 9.64 Å². The number of anilines is 1. The first-order chi connectivity index (χ1) is 17.9. The van der Waals surface area contributed by atoms with Crippen LogP contribution in [0.2, 0.25) is 5.02 Å². The van der Waals surface area contributed by atoms with Gasteiger partial charge in [-0.3, -0.25) is 9.59 Å². The molecule has 1 atom stereocenters. The number of carbonyl (C=O) groups excluding carboxylic acids is 2. The standard InChI is InChI=1S/C30H34ClN3O3/c1-32(2)26-14-10-24(11-15-26)21-34(29(35)22-37-27-16-12-25(31)13-17-27)28(20-23-8-4-3-5-9-23)30(36)33-18-6-7-19-33/h3-5,8-17,28H,6-7,18-22H2,1-2H3. The Hall–Kier alpha value is -3.51. The number of hydrogen-bond acceptors (Lipinski definition) is 4. The Morgan fingerprint density at radius 3 is 2.16 bits per heavy atom. The molecule has 0 bridgehead atoms. The highest BCUT2D eigenvalue weighted by atomic mass is 35.5. The fourth-order valence-electron chi connectivity index (χ4n) is 4.54. The van der Waals surface area contributed by atoms with Gasteiger partial charge in [0.25, 0.3) is 5.91 Å². The summed E-state index contributed by atoms with van der Waals surface area (Å²) in [6.07, 6.45) is 2.42. The quantitative estimate of drug-likeness (QED) is 0.376. The highest BCUT2D eigenvalue weighted by Crippen LogP contribution is 2.21. The van der Waals surface area contributed by atoms with Gasteiger partial charge in [0, 0.05) is 50.9 Å². The van der Waals surface area contributed by atoms with Gasteiger partial charge in [0.15, 0.2) is 6.61 Å². The van der Waals surface area contributed by atoms with Crippen LogP contribution >= 0.6 is 11.6 Å². The van der Waals surface area contributed by atoms with Crippen LogP contribution in [0.4, 0.5) is 5.69 Å². The minimum absolute atomic E-state index is 0.00823. The van der Waals surface area contributed by atoms with Crippen LogP contribution in [-0.2, 0) is 22.6 Å². The monoisotopic (exact) mass is 519 g/mol. The summed E-state index contributed by atoms with van der Waals surface area (Å²) in [6, 6.07) is 24.2. The van der Waals surface area contributed by atoms with Crippen LogP contribution in [0.25, 0.3) is 0 Å². The molecular weight excluding hydrogens is 486 g/mol. The maximum absolute atomic E-state index is 13.8. The van der Waals surface area contributed by atoms with E-state index in [-0.39, 0.29) is 18.4 Å². The molecule has 1 unspecified atom stereocenters. The fraction of sp³-hybridized carbons (Fsp3) is 0.333. The number of carbonyl (C=O) groups is 2. The van der Waals surface area contributed by atoms with Crippen LogP contribution in [0.1, 0.15) is 24.0 Å². The SMILES string of the molecule is CN(C)c1ccc(CN(C(=O)COc2ccc(Cl)cc2)C(Cc2ccccc2)C(=O)N2CCCC2)cc1. The van der Waals surface area contributed by atoms with Crippen molar-refractivity contribution in [3.8, 4) is 5.75 Å². The molecule has 37 heavy (non-hydrogen) atoms. The van der Waals surface area contributed by atoms with Gasteiger partial charge < -0.3 is 19.4 Å². The smallest absolute Gasteiger partial charge is 0.261 e. The second-order valence-electron chi connectivity index (χ2n) is 9.56. The number of halogens is 1. The Morgan fingerprint density at radius 1 is 0.892 bits per heavy atom. The van der Waals surface area contributed by atoms with Crippen LogP contribution in [0, 0.1) is 0 Å². The number of amides is 2. The molecule has 4 rings (SSSR count). The first-order valence-corrected chi connectivity index (χ1v) is 13.1. The molecule has 0 radical (unpaired) electrons. The van der Waals surface area contributed by atoms with E-state index >= 15 is 0 Å². The molecule has 0 saturated carbocycles. The van der Waals surface area contributed by atoms with Crippen molar-refractivity contribution in [1.29, 1.82) is 0 Å². The molecule has 1 aliphatic rings. The number of benzene rings is 3. The van der Waals surface area contributed by atoms with Gasteiger partial charge in [0.2, 0.25) is 5.91 Å². The summed E-state index contributed by atoms with van der Waals surface area (Å²) in [5, 5.41) is 0.598. The first kappa shape index (κ1) is 26.6. The zero-order valence-corrected chi connectivity index (χ0v) is 22.2. The molecule has 0 aliphatic carbocycles. The lowest BCUT2D eigenvalue weighted by atomic mass is 10.0. The van der Waals surface area contributed by atoms with Crippen LogP contribution in [-0.4, -0.2) is 61.4 Å². The van der Waals surface area contributed by atoms with Gasteiger partial charge in [-0.15, -0.1) is 0 Å². The Morgan fingerprint density at radius 2 is 1.54 bits per heavy atom. The first-order valence-electron chi connectivity index (χ1n) is 12.7. The Labute approximate surface area is 224 Å². The average Bonchev–Trinajstić information content (AvgIpc) is 3.46. The topological polar surface area (TPSA) is 53.1 Å². The molecule has 1 saturated heterocycles. The number of ether oxygens (including phenoxy) is 1. The van der Waals surface area contributed by atoms with E-state index in [9.17, 15) is 9.59 Å². The van der Waals surface area contributed by atoms with Crippen molar-refractivity contribution in [3.05, 3.63) is 95.0 Å². The number of hydrogen-bond donors (Lipinski definition) is 0.